The number of rotatable bonds is 4. The average molecular weight is 529 g/mol. The normalized spacial score (nSPS) is 11.6. The molecule has 0 unspecified atom stereocenters. The van der Waals surface area contributed by atoms with Crippen molar-refractivity contribution < 1.29 is 14.3 Å². The van der Waals surface area contributed by atoms with Crippen LogP contribution in [0.5, 0.6) is 0 Å². The molecule has 5 rings (SSSR count). The Morgan fingerprint density at radius 3 is 2.50 bits per heavy atom. The van der Waals surface area contributed by atoms with Gasteiger partial charge in [-0.1, -0.05) is 23.7 Å². The average Bonchev–Trinajstić information content (AvgIpc) is 3.17. The number of amides is 2. The molecule has 3 aromatic heterocycles. The van der Waals surface area contributed by atoms with E-state index in [-0.39, 0.29) is 5.56 Å². The van der Waals surface area contributed by atoms with E-state index >= 15 is 0 Å². The molecule has 3 N–H and O–H groups in total. The van der Waals surface area contributed by atoms with Gasteiger partial charge in [0.25, 0.3) is 5.91 Å². The van der Waals surface area contributed by atoms with E-state index in [9.17, 15) is 9.59 Å². The number of carbonyl (C=O) groups excluding carboxylic acids is 2. The third-order valence-electron chi connectivity index (χ3n) is 5.86. The number of nitrogens with one attached hydrogen (secondary N) is 1. The van der Waals surface area contributed by atoms with Gasteiger partial charge in [-0.3, -0.25) is 19.7 Å². The lowest BCUT2D eigenvalue weighted by molar-refractivity contribution is 0.0635. The number of nitrogens with two attached hydrogens (primary N) is 1. The second-order valence-corrected chi connectivity index (χ2v) is 10.2. The number of nitrogens with zero attached hydrogens (tertiary/aromatic N) is 4. The van der Waals surface area contributed by atoms with Crippen molar-refractivity contribution >= 4 is 51.4 Å². The zero-order valence-electron chi connectivity index (χ0n) is 21.2. The highest BCUT2D eigenvalue weighted by atomic mass is 35.5. The number of para-hydroxylation sites is 1. The standard InChI is InChI=1S/C28H25ClN6O3/c1-15-33-25-19(26(30)36)12-17(16-8-10-31-23(14-16)34-27(37)38-28(2,3)4)13-22(25)35(15)21-9-11-32-24-18(21)6-5-7-20(24)29/h5-14H,1-4H3,(H2,30,36)(H,31,34,37). The third-order valence-corrected chi connectivity index (χ3v) is 6.16. The number of fused-ring (bicyclic) bond motifs is 2. The maximum absolute atomic E-state index is 12.5. The molecule has 10 heteroatoms. The first kappa shape index (κ1) is 25.2. The molecule has 0 atom stereocenters. The number of aromatic nitrogens is 4. The van der Waals surface area contributed by atoms with E-state index in [0.717, 1.165) is 11.1 Å². The van der Waals surface area contributed by atoms with Gasteiger partial charge in [-0.25, -0.2) is 14.8 Å². The number of carbonyl (C=O) groups is 2. The minimum atomic E-state index is -0.652. The van der Waals surface area contributed by atoms with Crippen molar-refractivity contribution in [1.82, 2.24) is 19.5 Å². The van der Waals surface area contributed by atoms with E-state index in [2.05, 4.69) is 20.3 Å². The Balaban J connectivity index is 1.68. The number of imidazole rings is 1. The molecule has 0 aliphatic rings. The maximum Gasteiger partial charge on any atom is 0.413 e. The number of hydrogen-bond donors (Lipinski definition) is 2. The van der Waals surface area contributed by atoms with Crippen LogP contribution in [0.15, 0.2) is 60.9 Å². The predicted molar refractivity (Wildman–Crippen MR) is 148 cm³/mol. The van der Waals surface area contributed by atoms with E-state index in [4.69, 9.17) is 22.1 Å². The molecule has 5 aromatic rings. The van der Waals surface area contributed by atoms with Gasteiger partial charge in [0.05, 0.1) is 27.3 Å². The van der Waals surface area contributed by atoms with Crippen molar-refractivity contribution in [3.63, 3.8) is 0 Å². The molecule has 9 nitrogen and oxygen atoms in total. The molecule has 0 aliphatic carbocycles. The highest BCUT2D eigenvalue weighted by molar-refractivity contribution is 6.35. The van der Waals surface area contributed by atoms with Gasteiger partial charge < -0.3 is 10.5 Å². The molecule has 0 spiro atoms. The summed E-state index contributed by atoms with van der Waals surface area (Å²) >= 11 is 6.41. The summed E-state index contributed by atoms with van der Waals surface area (Å²) in [5.41, 5.74) is 9.44. The quantitative estimate of drug-likeness (QED) is 0.293. The summed E-state index contributed by atoms with van der Waals surface area (Å²) in [7, 11) is 0. The summed E-state index contributed by atoms with van der Waals surface area (Å²) in [4.78, 5) is 38.1. The monoisotopic (exact) mass is 528 g/mol. The molecule has 0 saturated heterocycles. The summed E-state index contributed by atoms with van der Waals surface area (Å²) in [6.07, 6.45) is 2.63. The third kappa shape index (κ3) is 4.76. The highest BCUT2D eigenvalue weighted by Crippen LogP contribution is 2.34. The van der Waals surface area contributed by atoms with E-state index in [1.54, 1.807) is 57.4 Å². The van der Waals surface area contributed by atoms with E-state index in [1.807, 2.05) is 35.8 Å². The van der Waals surface area contributed by atoms with Crippen LogP contribution in [-0.4, -0.2) is 37.1 Å². The lowest BCUT2D eigenvalue weighted by Crippen LogP contribution is -2.27. The fraction of sp³-hybridized carbons (Fsp3) is 0.179. The SMILES string of the molecule is Cc1nc2c(C(N)=O)cc(-c3ccnc(NC(=O)OC(C)(C)C)c3)cc2n1-c1ccnc2c(Cl)cccc12. The Kier molecular flexibility index (Phi) is 6.24. The molecular weight excluding hydrogens is 504 g/mol. The molecule has 192 valence electrons. The first-order valence-corrected chi connectivity index (χ1v) is 12.2. The molecule has 0 fully saturated rings. The van der Waals surface area contributed by atoms with Crippen LogP contribution in [0, 0.1) is 6.92 Å². The van der Waals surface area contributed by atoms with Crippen molar-refractivity contribution in [2.24, 2.45) is 5.73 Å². The van der Waals surface area contributed by atoms with Crippen LogP contribution in [0.4, 0.5) is 10.6 Å². The number of ether oxygens (including phenoxy) is 1. The molecule has 2 aromatic carbocycles. The number of aryl methyl sites for hydroxylation is 1. The topological polar surface area (TPSA) is 125 Å². The molecule has 0 radical (unpaired) electrons. The van der Waals surface area contributed by atoms with Crippen LogP contribution >= 0.6 is 11.6 Å². The van der Waals surface area contributed by atoms with E-state index in [0.29, 0.717) is 44.3 Å². The number of anilines is 1. The number of halogens is 1. The van der Waals surface area contributed by atoms with Gasteiger partial charge in [0, 0.05) is 17.8 Å². The molecule has 38 heavy (non-hydrogen) atoms. The van der Waals surface area contributed by atoms with Crippen LogP contribution < -0.4 is 11.1 Å². The van der Waals surface area contributed by atoms with Crippen molar-refractivity contribution in [1.29, 1.82) is 0 Å². The Hall–Kier alpha value is -4.50. The molecule has 0 aliphatic heterocycles. The van der Waals surface area contributed by atoms with Crippen LogP contribution in [0.3, 0.4) is 0 Å². The minimum absolute atomic E-state index is 0.272. The van der Waals surface area contributed by atoms with Gasteiger partial charge >= 0.3 is 6.09 Å². The summed E-state index contributed by atoms with van der Waals surface area (Å²) in [6.45, 7) is 7.20. The summed E-state index contributed by atoms with van der Waals surface area (Å²) in [6, 6.07) is 14.5. The fourth-order valence-corrected chi connectivity index (χ4v) is 4.58. The molecular formula is C28H25ClN6O3. The van der Waals surface area contributed by atoms with Gasteiger partial charge in [-0.15, -0.1) is 0 Å². The van der Waals surface area contributed by atoms with Crippen LogP contribution in [0.2, 0.25) is 5.02 Å². The summed E-state index contributed by atoms with van der Waals surface area (Å²) in [5, 5.41) is 4.02. The fourth-order valence-electron chi connectivity index (χ4n) is 4.36. The minimum Gasteiger partial charge on any atom is -0.444 e. The molecule has 3 heterocycles. The lowest BCUT2D eigenvalue weighted by Gasteiger charge is -2.19. The number of benzene rings is 2. The van der Waals surface area contributed by atoms with Gasteiger partial charge in [-0.05, 0) is 75.2 Å². The second kappa shape index (κ2) is 9.42. The van der Waals surface area contributed by atoms with Crippen LogP contribution in [-0.2, 0) is 4.74 Å². The Morgan fingerprint density at radius 2 is 1.76 bits per heavy atom. The largest absolute Gasteiger partial charge is 0.444 e. The zero-order chi connectivity index (χ0) is 27.2. The Bertz CT molecular complexity index is 1740. The number of primary amides is 1. The van der Waals surface area contributed by atoms with Crippen LogP contribution in [0.25, 0.3) is 38.8 Å². The maximum atomic E-state index is 12.5. The number of pyridine rings is 2. The Morgan fingerprint density at radius 1 is 1.00 bits per heavy atom. The van der Waals surface area contributed by atoms with Gasteiger partial charge in [0.15, 0.2) is 0 Å². The summed E-state index contributed by atoms with van der Waals surface area (Å²) in [5.74, 6) is 0.358. The van der Waals surface area contributed by atoms with Gasteiger partial charge in [-0.2, -0.15) is 0 Å². The molecule has 2 amide bonds. The zero-order valence-corrected chi connectivity index (χ0v) is 22.0. The van der Waals surface area contributed by atoms with Gasteiger partial charge in [0.1, 0.15) is 22.8 Å². The second-order valence-electron chi connectivity index (χ2n) is 9.77. The first-order chi connectivity index (χ1) is 18.0. The highest BCUT2D eigenvalue weighted by Gasteiger charge is 2.20. The van der Waals surface area contributed by atoms with Crippen molar-refractivity contribution in [2.75, 3.05) is 5.32 Å². The van der Waals surface area contributed by atoms with E-state index < -0.39 is 17.6 Å². The Labute approximate surface area is 223 Å². The molecule has 0 saturated carbocycles. The lowest BCUT2D eigenvalue weighted by atomic mass is 10.0. The first-order valence-electron chi connectivity index (χ1n) is 11.8. The van der Waals surface area contributed by atoms with Crippen molar-refractivity contribution in [2.45, 2.75) is 33.3 Å². The smallest absolute Gasteiger partial charge is 0.413 e. The van der Waals surface area contributed by atoms with E-state index in [1.165, 1.54) is 0 Å². The van der Waals surface area contributed by atoms with Crippen LogP contribution in [0.1, 0.15) is 37.0 Å². The molecule has 0 bridgehead atoms. The van der Waals surface area contributed by atoms with Crippen molar-refractivity contribution in [3.05, 3.63) is 77.3 Å². The summed E-state index contributed by atoms with van der Waals surface area (Å²) < 4.78 is 7.28. The number of hydrogen-bond acceptors (Lipinski definition) is 6. The van der Waals surface area contributed by atoms with Gasteiger partial charge in [0.2, 0.25) is 0 Å². The predicted octanol–water partition coefficient (Wildman–Crippen LogP) is 6.04. The van der Waals surface area contributed by atoms with Crippen molar-refractivity contribution in [3.8, 4) is 16.8 Å².